The molecule has 3 nitrogen and oxygen atoms in total. The van der Waals surface area contributed by atoms with Crippen molar-refractivity contribution in [3.05, 3.63) is 12.2 Å². The summed E-state index contributed by atoms with van der Waals surface area (Å²) in [5.74, 6) is -0.951. The van der Waals surface area contributed by atoms with Crippen LogP contribution in [0.3, 0.4) is 0 Å². The Kier molecular flexibility index (Phi) is 7.11. The summed E-state index contributed by atoms with van der Waals surface area (Å²) >= 11 is 0. The lowest BCUT2D eigenvalue weighted by atomic mass is 9.95. The van der Waals surface area contributed by atoms with Crippen LogP contribution in [0.2, 0.25) is 0 Å². The Morgan fingerprint density at radius 2 is 2.14 bits per heavy atom. The zero-order valence-electron chi connectivity index (χ0n) is 9.08. The Balaban J connectivity index is 4.00. The quantitative estimate of drug-likeness (QED) is 0.483. The van der Waals surface area contributed by atoms with Crippen molar-refractivity contribution >= 4 is 5.97 Å². The second-order valence-corrected chi connectivity index (χ2v) is 3.48. The molecule has 3 heteroatoms. The number of hydrogen-bond acceptors (Lipinski definition) is 2. The van der Waals surface area contributed by atoms with Crippen molar-refractivity contribution in [2.75, 3.05) is 13.7 Å². The molecule has 82 valence electrons. The third-order valence-corrected chi connectivity index (χ3v) is 2.29. The summed E-state index contributed by atoms with van der Waals surface area (Å²) < 4.78 is 4.98. The Morgan fingerprint density at radius 1 is 1.50 bits per heavy atom. The molecule has 0 aliphatic rings. The third-order valence-electron chi connectivity index (χ3n) is 2.29. The molecule has 0 aromatic heterocycles. The van der Waals surface area contributed by atoms with E-state index >= 15 is 0 Å². The van der Waals surface area contributed by atoms with Gasteiger partial charge in [-0.05, 0) is 6.42 Å². The molecule has 0 amide bonds. The molecule has 0 aromatic rings. The molecule has 14 heavy (non-hydrogen) atoms. The highest BCUT2D eigenvalue weighted by Gasteiger charge is 2.17. The van der Waals surface area contributed by atoms with E-state index in [2.05, 4.69) is 13.5 Å². The minimum atomic E-state index is -0.913. The number of rotatable bonds is 8. The largest absolute Gasteiger partial charge is 0.478 e. The fraction of sp³-hybridized carbons (Fsp3) is 0.727. The molecular formula is C11H20O3. The molecule has 0 heterocycles. The second kappa shape index (κ2) is 7.56. The number of methoxy groups -OCH3 is 1. The van der Waals surface area contributed by atoms with Crippen LogP contribution < -0.4 is 0 Å². The van der Waals surface area contributed by atoms with E-state index in [1.807, 2.05) is 0 Å². The van der Waals surface area contributed by atoms with Gasteiger partial charge >= 0.3 is 5.97 Å². The van der Waals surface area contributed by atoms with Gasteiger partial charge in [-0.15, -0.1) is 0 Å². The van der Waals surface area contributed by atoms with Gasteiger partial charge in [0.2, 0.25) is 0 Å². The SMILES string of the molecule is C=C(C(=O)O)[C@H](CCCCC)COC. The normalized spacial score (nSPS) is 12.4. The van der Waals surface area contributed by atoms with Gasteiger partial charge in [-0.3, -0.25) is 0 Å². The van der Waals surface area contributed by atoms with Crippen molar-refractivity contribution in [3.8, 4) is 0 Å². The molecule has 0 spiro atoms. The Hall–Kier alpha value is -0.830. The average molecular weight is 200 g/mol. The van der Waals surface area contributed by atoms with Gasteiger partial charge in [0, 0.05) is 18.6 Å². The number of carboxylic acids is 1. The maximum absolute atomic E-state index is 10.7. The Bertz CT molecular complexity index is 187. The van der Waals surface area contributed by atoms with E-state index in [4.69, 9.17) is 9.84 Å². The highest BCUT2D eigenvalue weighted by Crippen LogP contribution is 2.18. The average Bonchev–Trinajstić information content (AvgIpc) is 2.15. The molecule has 0 aliphatic heterocycles. The summed E-state index contributed by atoms with van der Waals surface area (Å²) in [7, 11) is 1.59. The van der Waals surface area contributed by atoms with Crippen molar-refractivity contribution in [1.82, 2.24) is 0 Å². The predicted molar refractivity (Wildman–Crippen MR) is 56.3 cm³/mol. The van der Waals surface area contributed by atoms with E-state index in [9.17, 15) is 4.79 Å². The monoisotopic (exact) mass is 200 g/mol. The smallest absolute Gasteiger partial charge is 0.331 e. The number of ether oxygens (including phenoxy) is 1. The molecule has 0 fully saturated rings. The van der Waals surface area contributed by atoms with Crippen LogP contribution in [-0.2, 0) is 9.53 Å². The molecule has 1 N–H and O–H groups in total. The number of carbonyl (C=O) groups is 1. The number of unbranched alkanes of at least 4 members (excludes halogenated alkanes) is 2. The molecule has 0 unspecified atom stereocenters. The van der Waals surface area contributed by atoms with Crippen LogP contribution in [-0.4, -0.2) is 24.8 Å². The summed E-state index contributed by atoms with van der Waals surface area (Å²) in [6, 6.07) is 0. The van der Waals surface area contributed by atoms with E-state index in [0.29, 0.717) is 6.61 Å². The van der Waals surface area contributed by atoms with Crippen molar-refractivity contribution in [2.45, 2.75) is 32.6 Å². The number of hydrogen-bond donors (Lipinski definition) is 1. The van der Waals surface area contributed by atoms with E-state index in [0.717, 1.165) is 25.7 Å². The van der Waals surface area contributed by atoms with Gasteiger partial charge in [0.25, 0.3) is 0 Å². The highest BCUT2D eigenvalue weighted by atomic mass is 16.5. The zero-order valence-corrected chi connectivity index (χ0v) is 9.08. The molecule has 0 radical (unpaired) electrons. The van der Waals surface area contributed by atoms with Gasteiger partial charge < -0.3 is 9.84 Å². The van der Waals surface area contributed by atoms with E-state index < -0.39 is 5.97 Å². The number of aliphatic carboxylic acids is 1. The topological polar surface area (TPSA) is 46.5 Å². The van der Waals surface area contributed by atoms with Gasteiger partial charge in [0.05, 0.1) is 6.61 Å². The minimum Gasteiger partial charge on any atom is -0.478 e. The molecule has 0 saturated carbocycles. The highest BCUT2D eigenvalue weighted by molar-refractivity contribution is 5.86. The van der Waals surface area contributed by atoms with Crippen molar-refractivity contribution in [2.24, 2.45) is 5.92 Å². The van der Waals surface area contributed by atoms with Crippen LogP contribution in [0.5, 0.6) is 0 Å². The summed E-state index contributed by atoms with van der Waals surface area (Å²) in [5, 5.41) is 8.78. The number of carboxylic acid groups (broad SMARTS) is 1. The lowest BCUT2D eigenvalue weighted by Crippen LogP contribution is -2.16. The molecule has 0 aromatic carbocycles. The predicted octanol–water partition coefficient (Wildman–Crippen LogP) is 2.47. The van der Waals surface area contributed by atoms with Gasteiger partial charge in [0.1, 0.15) is 0 Å². The first-order chi connectivity index (χ1) is 6.63. The van der Waals surface area contributed by atoms with Crippen LogP contribution in [0.15, 0.2) is 12.2 Å². The Morgan fingerprint density at radius 3 is 2.57 bits per heavy atom. The Labute approximate surface area is 85.8 Å². The summed E-state index contributed by atoms with van der Waals surface area (Å²) in [6.45, 7) is 6.15. The molecule has 0 rings (SSSR count). The van der Waals surface area contributed by atoms with Gasteiger partial charge in [0.15, 0.2) is 0 Å². The van der Waals surface area contributed by atoms with Crippen LogP contribution in [0.4, 0.5) is 0 Å². The van der Waals surface area contributed by atoms with E-state index in [1.165, 1.54) is 0 Å². The van der Waals surface area contributed by atoms with Crippen molar-refractivity contribution in [3.63, 3.8) is 0 Å². The second-order valence-electron chi connectivity index (χ2n) is 3.48. The van der Waals surface area contributed by atoms with Crippen molar-refractivity contribution < 1.29 is 14.6 Å². The van der Waals surface area contributed by atoms with Gasteiger partial charge in [-0.1, -0.05) is 32.8 Å². The molecule has 0 bridgehead atoms. The lowest BCUT2D eigenvalue weighted by molar-refractivity contribution is -0.133. The van der Waals surface area contributed by atoms with Crippen LogP contribution in [0.25, 0.3) is 0 Å². The van der Waals surface area contributed by atoms with E-state index in [1.54, 1.807) is 7.11 Å². The van der Waals surface area contributed by atoms with Gasteiger partial charge in [-0.25, -0.2) is 4.79 Å². The fourth-order valence-electron chi connectivity index (χ4n) is 1.37. The molecular weight excluding hydrogens is 180 g/mol. The van der Waals surface area contributed by atoms with Crippen LogP contribution in [0.1, 0.15) is 32.6 Å². The maximum atomic E-state index is 10.7. The lowest BCUT2D eigenvalue weighted by Gasteiger charge is -2.15. The molecule has 1 atom stereocenters. The third kappa shape index (κ3) is 5.02. The van der Waals surface area contributed by atoms with Crippen LogP contribution >= 0.6 is 0 Å². The maximum Gasteiger partial charge on any atom is 0.331 e. The summed E-state index contributed by atoms with van der Waals surface area (Å²) in [6.07, 6.45) is 4.16. The molecule has 0 aliphatic carbocycles. The first-order valence-electron chi connectivity index (χ1n) is 5.04. The minimum absolute atomic E-state index is 0.0379. The molecule has 0 saturated heterocycles. The zero-order chi connectivity index (χ0) is 11.0. The van der Waals surface area contributed by atoms with Crippen LogP contribution in [0, 0.1) is 5.92 Å². The first kappa shape index (κ1) is 13.2. The fourth-order valence-corrected chi connectivity index (χ4v) is 1.37. The summed E-state index contributed by atoms with van der Waals surface area (Å²) in [4.78, 5) is 10.7. The standard InChI is InChI=1S/C11H20O3/c1-4-5-6-7-10(8-14-3)9(2)11(12)13/h10H,2,4-8H2,1,3H3,(H,12,13)/t10-/m1/s1. The van der Waals surface area contributed by atoms with E-state index in [-0.39, 0.29) is 11.5 Å². The first-order valence-corrected chi connectivity index (χ1v) is 5.04. The summed E-state index contributed by atoms with van der Waals surface area (Å²) in [5.41, 5.74) is 0.267. The van der Waals surface area contributed by atoms with Gasteiger partial charge in [-0.2, -0.15) is 0 Å². The van der Waals surface area contributed by atoms with Crippen molar-refractivity contribution in [1.29, 1.82) is 0 Å².